The summed E-state index contributed by atoms with van der Waals surface area (Å²) in [4.78, 5) is 65.7. The number of hydrogen-bond acceptors (Lipinski definition) is 12. The highest BCUT2D eigenvalue weighted by Gasteiger charge is 2.45. The number of anilines is 4. The molecule has 0 bridgehead atoms. The molecule has 1 aliphatic carbocycles. The van der Waals surface area contributed by atoms with Gasteiger partial charge in [-0.15, -0.1) is 0 Å². The second-order valence-electron chi connectivity index (χ2n) is 11.4. The van der Waals surface area contributed by atoms with Crippen LogP contribution >= 0.6 is 11.6 Å². The Hall–Kier alpha value is -6.04. The van der Waals surface area contributed by atoms with Gasteiger partial charge in [0.25, 0.3) is 11.8 Å². The number of hydrogen-bond donors (Lipinski definition) is 5. The van der Waals surface area contributed by atoms with Crippen LogP contribution in [-0.4, -0.2) is 74.5 Å². The number of Topliss-reactive ketones (excluding diaryl/α,β-unsaturated/α-hetero) is 1. The van der Waals surface area contributed by atoms with Crippen molar-refractivity contribution in [3.05, 3.63) is 83.0 Å². The summed E-state index contributed by atoms with van der Waals surface area (Å²) in [5.41, 5.74) is 0.804. The molecule has 15 nitrogen and oxygen atoms in total. The number of benzene rings is 2. The van der Waals surface area contributed by atoms with E-state index in [9.17, 15) is 37.5 Å². The summed E-state index contributed by atoms with van der Waals surface area (Å²) in [5, 5.41) is 20.9. The van der Waals surface area contributed by atoms with Crippen molar-refractivity contribution in [2.45, 2.75) is 43.4 Å². The molecule has 0 aliphatic heterocycles. The molecule has 4 aromatic rings. The molecule has 1 fully saturated rings. The molecule has 2 aromatic carbocycles. The first-order chi connectivity index (χ1) is 24.7. The number of amides is 2. The molecule has 0 radical (unpaired) electrons. The monoisotopic (exact) mass is 742 g/mol. The van der Waals surface area contributed by atoms with E-state index in [1.54, 1.807) is 12.1 Å². The van der Waals surface area contributed by atoms with E-state index in [2.05, 4.69) is 41.2 Å². The molecule has 5 N–H and O–H groups in total. The molecule has 2 aromatic heterocycles. The van der Waals surface area contributed by atoms with Crippen LogP contribution in [0.1, 0.15) is 41.6 Å². The van der Waals surface area contributed by atoms with Crippen LogP contribution in [-0.2, 0) is 19.9 Å². The van der Waals surface area contributed by atoms with Crippen molar-refractivity contribution in [2.75, 3.05) is 29.7 Å². The molecule has 1 saturated carbocycles. The van der Waals surface area contributed by atoms with Gasteiger partial charge in [-0.25, -0.2) is 9.78 Å². The average molecular weight is 743 g/mol. The summed E-state index contributed by atoms with van der Waals surface area (Å²) < 4.78 is 48.6. The van der Waals surface area contributed by atoms with Crippen molar-refractivity contribution >= 4 is 58.4 Å². The first kappa shape index (κ1) is 37.2. The summed E-state index contributed by atoms with van der Waals surface area (Å²) >= 11 is 6.01. The largest absolute Gasteiger partial charge is 0.480 e. The predicted octanol–water partition coefficient (Wildman–Crippen LogP) is 4.89. The van der Waals surface area contributed by atoms with Crippen molar-refractivity contribution in [2.24, 2.45) is 0 Å². The fraction of sp³-hybridized carbons (Fsp3) is 0.273. The van der Waals surface area contributed by atoms with Crippen LogP contribution in [0.3, 0.4) is 0 Å². The van der Waals surface area contributed by atoms with E-state index in [1.807, 2.05) is 12.1 Å². The van der Waals surface area contributed by atoms with Gasteiger partial charge in [-0.1, -0.05) is 23.7 Å². The van der Waals surface area contributed by atoms with Crippen LogP contribution < -0.4 is 30.7 Å². The van der Waals surface area contributed by atoms with E-state index in [-0.39, 0.29) is 35.4 Å². The normalized spacial score (nSPS) is 13.6. The quantitative estimate of drug-likeness (QED) is 0.0972. The van der Waals surface area contributed by atoms with E-state index in [0.29, 0.717) is 23.6 Å². The van der Waals surface area contributed by atoms with Gasteiger partial charge in [0.05, 0.1) is 12.6 Å². The molecule has 1 atom stereocenters. The molecule has 5 rings (SSSR count). The molecule has 52 heavy (non-hydrogen) atoms. The third-order valence-electron chi connectivity index (χ3n) is 7.61. The molecular formula is C33H30ClF3N8O7. The molecule has 0 spiro atoms. The lowest BCUT2D eigenvalue weighted by molar-refractivity contribution is -0.154. The van der Waals surface area contributed by atoms with E-state index < -0.39 is 60.4 Å². The number of ether oxygens (including phenoxy) is 2. The molecule has 19 heteroatoms. The third-order valence-corrected chi connectivity index (χ3v) is 7.86. The molecule has 2 amide bonds. The Bertz CT molecular complexity index is 1950. The molecule has 0 saturated heterocycles. The highest BCUT2D eigenvalue weighted by molar-refractivity contribution is 6.40. The minimum absolute atomic E-state index is 0.0374. The Morgan fingerprint density at radius 1 is 0.981 bits per heavy atom. The molecular weight excluding hydrogens is 713 g/mol. The van der Waals surface area contributed by atoms with E-state index in [4.69, 9.17) is 21.1 Å². The fourth-order valence-electron chi connectivity index (χ4n) is 4.84. The first-order valence-electron chi connectivity index (χ1n) is 15.5. The topological polar surface area (TPSA) is 207 Å². The molecule has 272 valence electrons. The zero-order valence-electron chi connectivity index (χ0n) is 27.2. The number of nitrogens with zero attached hydrogens (tertiary/aromatic N) is 4. The van der Waals surface area contributed by atoms with Crippen LogP contribution in [0, 0.1) is 0 Å². The van der Waals surface area contributed by atoms with Gasteiger partial charge in [0.15, 0.2) is 6.61 Å². The van der Waals surface area contributed by atoms with Gasteiger partial charge >= 0.3 is 18.2 Å². The Kier molecular flexibility index (Phi) is 11.4. The second-order valence-corrected chi connectivity index (χ2v) is 11.9. The van der Waals surface area contributed by atoms with Crippen molar-refractivity contribution in [3.8, 4) is 11.9 Å². The number of pyridine rings is 1. The van der Waals surface area contributed by atoms with Crippen LogP contribution in [0.25, 0.3) is 0 Å². The maximum Gasteiger partial charge on any atom is 0.422 e. The maximum atomic E-state index is 12.9. The second kappa shape index (κ2) is 15.9. The van der Waals surface area contributed by atoms with Gasteiger partial charge in [-0.2, -0.15) is 28.1 Å². The van der Waals surface area contributed by atoms with Gasteiger partial charge in [0.1, 0.15) is 11.7 Å². The molecule has 0 unspecified atom stereocenters. The number of nitrogens with one attached hydrogen (secondary N) is 4. The number of halogens is 4. The lowest BCUT2D eigenvalue weighted by Crippen LogP contribution is -2.41. The van der Waals surface area contributed by atoms with Crippen LogP contribution in [0.15, 0.2) is 66.9 Å². The van der Waals surface area contributed by atoms with Crippen molar-refractivity contribution in [1.82, 2.24) is 25.3 Å². The molecule has 1 aliphatic rings. The van der Waals surface area contributed by atoms with Crippen LogP contribution in [0.4, 0.5) is 36.4 Å². The van der Waals surface area contributed by atoms with Gasteiger partial charge in [0, 0.05) is 28.9 Å². The predicted molar refractivity (Wildman–Crippen MR) is 180 cm³/mol. The number of alkyl halides is 3. The van der Waals surface area contributed by atoms with E-state index in [0.717, 1.165) is 5.56 Å². The van der Waals surface area contributed by atoms with E-state index >= 15 is 0 Å². The number of carboxylic acid groups (broad SMARTS) is 1. The lowest BCUT2D eigenvalue weighted by atomic mass is 10.1. The maximum absolute atomic E-state index is 12.9. The number of rotatable bonds is 16. The number of methoxy groups -OCH3 is 1. The zero-order valence-corrected chi connectivity index (χ0v) is 27.9. The summed E-state index contributed by atoms with van der Waals surface area (Å²) in [7, 11) is 1.33. The number of aliphatic carboxylic acids is 1. The zero-order chi connectivity index (χ0) is 37.5. The highest BCUT2D eigenvalue weighted by atomic mass is 35.5. The Morgan fingerprint density at radius 3 is 2.31 bits per heavy atom. The number of carbonyl (C=O) groups is 4. The smallest absolute Gasteiger partial charge is 0.422 e. The van der Waals surface area contributed by atoms with Crippen LogP contribution in [0.5, 0.6) is 11.9 Å². The number of carboxylic acids is 1. The average Bonchev–Trinajstić information content (AvgIpc) is 3.89. The number of ketones is 1. The summed E-state index contributed by atoms with van der Waals surface area (Å²) in [6.45, 7) is -1.64. The van der Waals surface area contributed by atoms with Crippen molar-refractivity contribution in [1.29, 1.82) is 0 Å². The molecule has 2 heterocycles. The fourth-order valence-corrected chi connectivity index (χ4v) is 4.96. The Morgan fingerprint density at radius 2 is 1.67 bits per heavy atom. The van der Waals surface area contributed by atoms with Gasteiger partial charge in [0.2, 0.25) is 23.6 Å². The highest BCUT2D eigenvalue weighted by Crippen LogP contribution is 2.48. The first-order valence-corrected chi connectivity index (χ1v) is 15.9. The lowest BCUT2D eigenvalue weighted by Gasteiger charge is -2.19. The van der Waals surface area contributed by atoms with Crippen LogP contribution in [0.2, 0.25) is 5.02 Å². The third kappa shape index (κ3) is 10.0. The SMILES string of the molecule is COc1ncccc1NC(=O)C(=O)CC[C@H](NC(=O)c1ccc(Nc2nc(NC3(c4ccc(Cl)cc4)CC3)nc(OCC(F)(F)F)n2)cc1)C(=O)O. The summed E-state index contributed by atoms with van der Waals surface area (Å²) in [6.07, 6.45) is -2.71. The Labute approximate surface area is 298 Å². The van der Waals surface area contributed by atoms with Gasteiger partial charge in [-0.05, 0) is 73.4 Å². The Balaban J connectivity index is 1.22. The van der Waals surface area contributed by atoms with E-state index in [1.165, 1.54) is 49.7 Å². The standard InChI is InChI=1S/C33H30ClF3N8O7/c1-51-27-22(3-2-16-38-27)40-26(48)24(46)13-12-23(28(49)50)41-25(47)18-4-10-21(11-5-18)39-29-42-30(44-31(43-29)52-17-33(35,36)37)45-32(14-15-32)19-6-8-20(34)9-7-19/h2-11,16,23H,12-15,17H2,1H3,(H,40,48)(H,41,47)(H,49,50)(H2,39,42,43,44,45)/t23-/m0/s1. The summed E-state index contributed by atoms with van der Waals surface area (Å²) in [5.74, 6) is -4.30. The van der Waals surface area contributed by atoms with Gasteiger partial charge in [-0.3, -0.25) is 14.4 Å². The summed E-state index contributed by atoms with van der Waals surface area (Å²) in [6, 6.07) is 13.5. The van der Waals surface area contributed by atoms with Crippen molar-refractivity contribution < 1.29 is 46.9 Å². The minimum Gasteiger partial charge on any atom is -0.480 e. The van der Waals surface area contributed by atoms with Crippen molar-refractivity contribution in [3.63, 3.8) is 0 Å². The number of carbonyl (C=O) groups excluding carboxylic acids is 3. The minimum atomic E-state index is -4.65. The van der Waals surface area contributed by atoms with Gasteiger partial charge < -0.3 is 35.8 Å². The number of aromatic nitrogens is 4.